The number of ether oxygens (including phenoxy) is 5. The van der Waals surface area contributed by atoms with Crippen LogP contribution in [0.3, 0.4) is 0 Å². The molecule has 9 N–H and O–H groups in total. The van der Waals surface area contributed by atoms with E-state index in [1.807, 2.05) is 0 Å². The van der Waals surface area contributed by atoms with Crippen molar-refractivity contribution in [3.05, 3.63) is 0 Å². The van der Waals surface area contributed by atoms with Crippen LogP contribution < -0.4 is 21.4 Å². The molecule has 1 aliphatic heterocycles. The van der Waals surface area contributed by atoms with Crippen LogP contribution in [-0.4, -0.2) is 139 Å². The van der Waals surface area contributed by atoms with Gasteiger partial charge in [0, 0.05) is 13.8 Å². The molecule has 1 aliphatic rings. The molecule has 0 spiro atoms. The summed E-state index contributed by atoms with van der Waals surface area (Å²) in [4.78, 5) is 57.1. The number of carbonyl (C=O) groups is 3. The summed E-state index contributed by atoms with van der Waals surface area (Å²) in [6.45, 7) is 1.20. The van der Waals surface area contributed by atoms with Crippen LogP contribution in [0.5, 0.6) is 0 Å². The molecule has 5 unspecified atom stereocenters. The number of carbonyl (C=O) groups excluding carboxylic acids is 3. The van der Waals surface area contributed by atoms with Crippen LogP contribution in [0.25, 0.3) is 0 Å². The highest BCUT2D eigenvalue weighted by atomic mass is 31.2. The fourth-order valence-electron chi connectivity index (χ4n) is 3.17. The third-order valence-electron chi connectivity index (χ3n) is 4.93. The lowest BCUT2D eigenvalue weighted by Crippen LogP contribution is -2.66. The van der Waals surface area contributed by atoms with Crippen LogP contribution in [0.2, 0.25) is 0 Å². The van der Waals surface area contributed by atoms with Crippen LogP contribution in [0.1, 0.15) is 13.8 Å². The number of aliphatic hydroxyl groups excluding tert-OH is 3. The molecular formula is C20H39N4O15P. The number of amides is 3. The van der Waals surface area contributed by atoms with Gasteiger partial charge in [-0.1, -0.05) is 0 Å². The van der Waals surface area contributed by atoms with Gasteiger partial charge >= 0.3 is 13.7 Å². The van der Waals surface area contributed by atoms with E-state index in [0.29, 0.717) is 0 Å². The van der Waals surface area contributed by atoms with Gasteiger partial charge in [-0.25, -0.2) is 4.79 Å². The molecule has 3 amide bonds. The Morgan fingerprint density at radius 3 is 2.25 bits per heavy atom. The Bertz CT molecular complexity index is 819. The molecular weight excluding hydrogens is 567 g/mol. The van der Waals surface area contributed by atoms with E-state index in [-0.39, 0.29) is 46.2 Å². The van der Waals surface area contributed by atoms with Crippen molar-refractivity contribution in [2.75, 3.05) is 59.0 Å². The summed E-state index contributed by atoms with van der Waals surface area (Å²) in [5.41, 5.74) is 2.36. The maximum absolute atomic E-state index is 11.8. The largest absolute Gasteiger partial charge is 0.447 e. The average molecular weight is 607 g/mol. The Labute approximate surface area is 229 Å². The minimum Gasteiger partial charge on any atom is -0.447 e. The van der Waals surface area contributed by atoms with Gasteiger partial charge in [0.1, 0.15) is 31.0 Å². The second-order valence-corrected chi connectivity index (χ2v) is 10.1. The van der Waals surface area contributed by atoms with Gasteiger partial charge in [-0.05, 0) is 0 Å². The summed E-state index contributed by atoms with van der Waals surface area (Å²) in [5.74, 6) is -0.984. The number of alkyl carbamates (subject to hydrolysis) is 1. The highest BCUT2D eigenvalue weighted by Gasteiger charge is 2.47. The Morgan fingerprint density at radius 2 is 1.65 bits per heavy atom. The van der Waals surface area contributed by atoms with Crippen molar-refractivity contribution in [3.63, 3.8) is 0 Å². The Balaban J connectivity index is 2.39. The summed E-state index contributed by atoms with van der Waals surface area (Å²) >= 11 is 0. The van der Waals surface area contributed by atoms with Crippen molar-refractivity contribution < 1.29 is 72.6 Å². The summed E-state index contributed by atoms with van der Waals surface area (Å²) in [6, 6.07) is -1.23. The molecule has 1 saturated heterocycles. The molecule has 40 heavy (non-hydrogen) atoms. The van der Waals surface area contributed by atoms with Gasteiger partial charge in [0.2, 0.25) is 18.1 Å². The average Bonchev–Trinajstić information content (AvgIpc) is 2.86. The zero-order valence-electron chi connectivity index (χ0n) is 22.1. The number of aliphatic hydroxyl groups is 3. The fraction of sp³-hybridized carbons (Fsp3) is 0.850. The lowest BCUT2D eigenvalue weighted by molar-refractivity contribution is -0.309. The SMILES string of the molecule is CC(=O)NC[C@@H](O)OC1C(CO)OC(ONCNC(=O)OCCOCCOCCP(=O)(O)O)C(NC(C)=O)C1O. The molecule has 0 saturated carbocycles. The van der Waals surface area contributed by atoms with Crippen LogP contribution in [0, 0.1) is 0 Å². The Kier molecular flexibility index (Phi) is 17.3. The first-order chi connectivity index (χ1) is 18.8. The molecule has 1 heterocycles. The van der Waals surface area contributed by atoms with E-state index in [0.717, 1.165) is 0 Å². The lowest BCUT2D eigenvalue weighted by atomic mass is 9.96. The monoisotopic (exact) mass is 606 g/mol. The minimum atomic E-state index is -4.10. The number of rotatable bonds is 19. The predicted octanol–water partition coefficient (Wildman–Crippen LogP) is -4.18. The third-order valence-corrected chi connectivity index (χ3v) is 5.69. The number of nitrogens with one attached hydrogen (secondary N) is 4. The number of hydroxylamine groups is 1. The molecule has 1 fully saturated rings. The molecule has 6 atom stereocenters. The van der Waals surface area contributed by atoms with Gasteiger partial charge in [-0.3, -0.25) is 19.0 Å². The quantitative estimate of drug-likeness (QED) is 0.0292. The van der Waals surface area contributed by atoms with Gasteiger partial charge < -0.3 is 64.7 Å². The second-order valence-electron chi connectivity index (χ2n) is 8.30. The summed E-state index contributed by atoms with van der Waals surface area (Å²) in [6.07, 6.45) is -8.18. The molecule has 0 aliphatic carbocycles. The molecule has 19 nitrogen and oxygen atoms in total. The zero-order chi connectivity index (χ0) is 30.1. The fourth-order valence-corrected chi connectivity index (χ4v) is 3.53. The molecule has 20 heteroatoms. The summed E-state index contributed by atoms with van der Waals surface area (Å²) in [5, 5.41) is 37.5. The molecule has 0 aromatic heterocycles. The predicted molar refractivity (Wildman–Crippen MR) is 131 cm³/mol. The zero-order valence-corrected chi connectivity index (χ0v) is 23.0. The van der Waals surface area contributed by atoms with Crippen LogP contribution >= 0.6 is 7.60 Å². The van der Waals surface area contributed by atoms with E-state index in [2.05, 4.69) is 21.4 Å². The first-order valence-corrected chi connectivity index (χ1v) is 13.9. The van der Waals surface area contributed by atoms with Crippen LogP contribution in [0.15, 0.2) is 0 Å². The molecule has 0 aromatic carbocycles. The highest BCUT2D eigenvalue weighted by molar-refractivity contribution is 7.51. The van der Waals surface area contributed by atoms with Gasteiger partial charge in [0.15, 0.2) is 6.29 Å². The topological polar surface area (TPSA) is 273 Å². The van der Waals surface area contributed by atoms with E-state index in [4.69, 9.17) is 38.3 Å². The highest BCUT2D eigenvalue weighted by Crippen LogP contribution is 2.33. The molecule has 0 radical (unpaired) electrons. The summed E-state index contributed by atoms with van der Waals surface area (Å²) < 4.78 is 36.6. The third kappa shape index (κ3) is 15.7. The van der Waals surface area contributed by atoms with Crippen LogP contribution in [0.4, 0.5) is 4.79 Å². The molecule has 0 aromatic rings. The number of hydrogen-bond donors (Lipinski definition) is 9. The van der Waals surface area contributed by atoms with Crippen molar-refractivity contribution in [2.24, 2.45) is 0 Å². The maximum atomic E-state index is 11.8. The smallest absolute Gasteiger partial charge is 0.408 e. The van der Waals surface area contributed by atoms with E-state index in [1.165, 1.54) is 13.8 Å². The Morgan fingerprint density at radius 1 is 1.00 bits per heavy atom. The van der Waals surface area contributed by atoms with Crippen molar-refractivity contribution in [2.45, 2.75) is 50.8 Å². The van der Waals surface area contributed by atoms with Crippen LogP contribution in [-0.2, 0) is 42.7 Å². The van der Waals surface area contributed by atoms with Crippen molar-refractivity contribution in [1.82, 2.24) is 21.4 Å². The van der Waals surface area contributed by atoms with E-state index in [9.17, 15) is 34.3 Å². The van der Waals surface area contributed by atoms with Gasteiger partial charge in [0.25, 0.3) is 0 Å². The number of hydrogen-bond acceptors (Lipinski definition) is 14. The molecule has 234 valence electrons. The lowest BCUT2D eigenvalue weighted by Gasteiger charge is -2.44. The normalized spacial score (nSPS) is 23.7. The van der Waals surface area contributed by atoms with Gasteiger partial charge in [-0.2, -0.15) is 5.48 Å². The van der Waals surface area contributed by atoms with Crippen molar-refractivity contribution >= 4 is 25.5 Å². The van der Waals surface area contributed by atoms with Crippen molar-refractivity contribution in [1.29, 1.82) is 0 Å². The summed E-state index contributed by atoms with van der Waals surface area (Å²) in [7, 11) is -4.10. The van der Waals surface area contributed by atoms with E-state index < -0.39 is 75.2 Å². The molecule has 1 rings (SSSR count). The maximum Gasteiger partial charge on any atom is 0.408 e. The van der Waals surface area contributed by atoms with Crippen molar-refractivity contribution in [3.8, 4) is 0 Å². The Hall–Kier alpha value is -2.00. The first kappa shape index (κ1) is 36.0. The van der Waals surface area contributed by atoms with E-state index >= 15 is 0 Å². The van der Waals surface area contributed by atoms with E-state index in [1.54, 1.807) is 0 Å². The van der Waals surface area contributed by atoms with Gasteiger partial charge in [0.05, 0.1) is 52.4 Å². The molecule has 0 bridgehead atoms. The minimum absolute atomic E-state index is 0.0384. The second kappa shape index (κ2) is 19.2. The first-order valence-electron chi connectivity index (χ1n) is 12.1. The standard InChI is InChI=1S/C20H39N4O15P/c1-12(26)21-9-15(28)38-18-14(10-25)37-19(16(17(18)29)24-13(2)27)39-23-11-22-20(30)36-6-5-34-3-4-35-7-8-40(31,32)33/h14-19,23,25,28-29H,3-11H2,1-2H3,(H,21,26)(H,22,30)(H,24,27)(H2,31,32,33)/t14?,15-,16?,17?,18?,19?/m0/s1. The van der Waals surface area contributed by atoms with Gasteiger partial charge in [-0.15, -0.1) is 0 Å².